The van der Waals surface area contributed by atoms with Gasteiger partial charge in [-0.05, 0) is 42.5 Å². The number of amides is 1. The van der Waals surface area contributed by atoms with Crippen molar-refractivity contribution in [2.75, 3.05) is 5.32 Å². The van der Waals surface area contributed by atoms with Crippen LogP contribution in [0.2, 0.25) is 0 Å². The molecule has 0 atom stereocenters. The van der Waals surface area contributed by atoms with Crippen LogP contribution in [0.1, 0.15) is 10.5 Å². The zero-order valence-electron chi connectivity index (χ0n) is 14.7. The molecule has 1 amide bonds. The fourth-order valence-electron chi connectivity index (χ4n) is 3.00. The molecule has 28 heavy (non-hydrogen) atoms. The molecule has 2 aromatic carbocycles. The van der Waals surface area contributed by atoms with E-state index in [9.17, 15) is 4.79 Å². The van der Waals surface area contributed by atoms with Gasteiger partial charge >= 0.3 is 0 Å². The number of benzene rings is 2. The van der Waals surface area contributed by atoms with Gasteiger partial charge in [-0.3, -0.25) is 4.79 Å². The van der Waals surface area contributed by atoms with Crippen LogP contribution in [0.15, 0.2) is 78.4 Å². The van der Waals surface area contributed by atoms with Gasteiger partial charge < -0.3 is 10.3 Å². The highest BCUT2D eigenvalue weighted by Crippen LogP contribution is 2.27. The summed E-state index contributed by atoms with van der Waals surface area (Å²) < 4.78 is 1.76. The number of carbonyl (C=O) groups is 1. The van der Waals surface area contributed by atoms with Crippen LogP contribution in [0.5, 0.6) is 0 Å². The fourth-order valence-corrected chi connectivity index (χ4v) is 3.78. The van der Waals surface area contributed by atoms with Crippen molar-refractivity contribution >= 4 is 33.8 Å². The molecule has 5 aromatic rings. The van der Waals surface area contributed by atoms with E-state index in [4.69, 9.17) is 0 Å². The molecule has 0 spiro atoms. The van der Waals surface area contributed by atoms with Gasteiger partial charge in [0.25, 0.3) is 5.91 Å². The lowest BCUT2D eigenvalue weighted by Crippen LogP contribution is -2.12. The van der Waals surface area contributed by atoms with Crippen LogP contribution in [-0.2, 0) is 0 Å². The second-order valence-electron chi connectivity index (χ2n) is 6.26. The molecular weight excluding hydrogens is 370 g/mol. The first-order chi connectivity index (χ1) is 13.8. The largest absolute Gasteiger partial charge is 0.353 e. The molecule has 0 fully saturated rings. The topological polar surface area (TPSA) is 75.6 Å². The zero-order chi connectivity index (χ0) is 18.9. The van der Waals surface area contributed by atoms with Gasteiger partial charge in [-0.1, -0.05) is 18.2 Å². The van der Waals surface area contributed by atoms with Crippen molar-refractivity contribution in [1.29, 1.82) is 0 Å². The Morgan fingerprint density at radius 2 is 1.93 bits per heavy atom. The highest BCUT2D eigenvalue weighted by Gasteiger charge is 2.13. The van der Waals surface area contributed by atoms with E-state index in [-0.39, 0.29) is 5.91 Å². The molecule has 0 radical (unpaired) electrons. The van der Waals surface area contributed by atoms with Crippen molar-refractivity contribution in [3.05, 3.63) is 84.1 Å². The maximum absolute atomic E-state index is 12.5. The molecule has 0 aliphatic rings. The first-order valence-corrected chi connectivity index (χ1v) is 9.59. The molecule has 136 valence electrons. The van der Waals surface area contributed by atoms with Gasteiger partial charge in [0.05, 0.1) is 11.4 Å². The van der Waals surface area contributed by atoms with E-state index in [0.717, 1.165) is 27.3 Å². The lowest BCUT2D eigenvalue weighted by atomic mass is 10.2. The van der Waals surface area contributed by atoms with Gasteiger partial charge in [-0.25, -0.2) is 9.67 Å². The molecule has 0 saturated carbocycles. The smallest absolute Gasteiger partial charge is 0.275 e. The number of nitrogens with zero attached hydrogens (tertiary/aromatic N) is 3. The fraction of sp³-hybridized carbons (Fsp3) is 0. The zero-order valence-corrected chi connectivity index (χ0v) is 15.5. The molecule has 0 aliphatic carbocycles. The van der Waals surface area contributed by atoms with Crippen LogP contribution < -0.4 is 5.32 Å². The Balaban J connectivity index is 1.33. The van der Waals surface area contributed by atoms with Crippen LogP contribution in [0.3, 0.4) is 0 Å². The molecule has 2 N–H and O–H groups in total. The molecule has 5 rings (SSSR count). The minimum absolute atomic E-state index is 0.231. The summed E-state index contributed by atoms with van der Waals surface area (Å²) >= 11 is 1.44. The number of anilines is 1. The van der Waals surface area contributed by atoms with Crippen LogP contribution in [-0.4, -0.2) is 25.7 Å². The van der Waals surface area contributed by atoms with Crippen LogP contribution in [0, 0.1) is 0 Å². The number of nitrogens with one attached hydrogen (secondary N) is 2. The van der Waals surface area contributed by atoms with Crippen molar-refractivity contribution in [3.8, 4) is 16.4 Å². The monoisotopic (exact) mass is 385 g/mol. The number of aromatic amines is 1. The quantitative estimate of drug-likeness (QED) is 0.470. The maximum Gasteiger partial charge on any atom is 0.275 e. The average Bonchev–Trinajstić information content (AvgIpc) is 3.48. The first-order valence-electron chi connectivity index (χ1n) is 8.71. The summed E-state index contributed by atoms with van der Waals surface area (Å²) in [6, 6.07) is 19.5. The minimum atomic E-state index is -0.231. The Morgan fingerprint density at radius 1 is 1.07 bits per heavy atom. The SMILES string of the molecule is O=C(Nc1ccc(-n2cccn2)cc1)c1csc(-c2cc3ccccc3[nH]2)n1. The number of para-hydroxylation sites is 1. The molecule has 3 heterocycles. The van der Waals surface area contributed by atoms with E-state index in [1.165, 1.54) is 11.3 Å². The summed E-state index contributed by atoms with van der Waals surface area (Å²) in [4.78, 5) is 20.4. The van der Waals surface area contributed by atoms with E-state index >= 15 is 0 Å². The predicted molar refractivity (Wildman–Crippen MR) is 111 cm³/mol. The highest BCUT2D eigenvalue weighted by molar-refractivity contribution is 7.13. The molecular formula is C21H15N5OS. The van der Waals surface area contributed by atoms with E-state index < -0.39 is 0 Å². The normalized spacial score (nSPS) is 11.0. The van der Waals surface area contributed by atoms with E-state index in [1.54, 1.807) is 16.3 Å². The lowest BCUT2D eigenvalue weighted by molar-refractivity contribution is 0.102. The Labute approximate surface area is 164 Å². The molecule has 0 aliphatic heterocycles. The molecule has 0 unspecified atom stereocenters. The Kier molecular flexibility index (Phi) is 3.99. The van der Waals surface area contributed by atoms with Gasteiger partial charge in [0, 0.05) is 34.4 Å². The Morgan fingerprint density at radius 3 is 2.71 bits per heavy atom. The summed E-state index contributed by atoms with van der Waals surface area (Å²) in [5.74, 6) is -0.231. The first kappa shape index (κ1) is 16.5. The van der Waals surface area contributed by atoms with Crippen molar-refractivity contribution in [1.82, 2.24) is 19.7 Å². The Bertz CT molecular complexity index is 1220. The summed E-state index contributed by atoms with van der Waals surface area (Å²) in [7, 11) is 0. The molecule has 0 saturated heterocycles. The molecule has 3 aromatic heterocycles. The van der Waals surface area contributed by atoms with Crippen LogP contribution in [0.4, 0.5) is 5.69 Å². The number of carbonyl (C=O) groups excluding carboxylic acids is 1. The van der Waals surface area contributed by atoms with E-state index in [0.29, 0.717) is 11.4 Å². The van der Waals surface area contributed by atoms with Gasteiger partial charge in [0.2, 0.25) is 0 Å². The standard InChI is InChI=1S/C21H15N5OS/c27-20(23-15-6-8-16(9-7-15)26-11-3-10-22-26)19-13-28-21(25-19)18-12-14-4-1-2-5-17(14)24-18/h1-13,24H,(H,23,27). The third kappa shape index (κ3) is 3.08. The summed E-state index contributed by atoms with van der Waals surface area (Å²) in [5, 5.41) is 10.8. The number of thiazole rings is 1. The number of hydrogen-bond acceptors (Lipinski definition) is 4. The lowest BCUT2D eigenvalue weighted by Gasteiger charge is -2.05. The number of H-pyrrole nitrogens is 1. The third-order valence-corrected chi connectivity index (χ3v) is 5.27. The Hall–Kier alpha value is -3.71. The number of hydrogen-bond donors (Lipinski definition) is 2. The third-order valence-electron chi connectivity index (χ3n) is 4.39. The van der Waals surface area contributed by atoms with Gasteiger partial charge in [-0.15, -0.1) is 11.3 Å². The van der Waals surface area contributed by atoms with Gasteiger partial charge in [0.15, 0.2) is 0 Å². The minimum Gasteiger partial charge on any atom is -0.353 e. The summed E-state index contributed by atoms with van der Waals surface area (Å²) in [5.41, 5.74) is 4.00. The van der Waals surface area contributed by atoms with E-state index in [2.05, 4.69) is 20.4 Å². The predicted octanol–water partition coefficient (Wildman–Crippen LogP) is 4.73. The molecule has 0 bridgehead atoms. The molecule has 7 heteroatoms. The van der Waals surface area contributed by atoms with Crippen molar-refractivity contribution in [3.63, 3.8) is 0 Å². The van der Waals surface area contributed by atoms with Crippen molar-refractivity contribution in [2.45, 2.75) is 0 Å². The van der Waals surface area contributed by atoms with Crippen molar-refractivity contribution in [2.24, 2.45) is 0 Å². The second kappa shape index (κ2) is 6.79. The highest BCUT2D eigenvalue weighted by atomic mass is 32.1. The van der Waals surface area contributed by atoms with Crippen LogP contribution >= 0.6 is 11.3 Å². The number of aromatic nitrogens is 4. The molecule has 6 nitrogen and oxygen atoms in total. The van der Waals surface area contributed by atoms with Gasteiger partial charge in [-0.2, -0.15) is 5.10 Å². The average molecular weight is 385 g/mol. The number of fused-ring (bicyclic) bond motifs is 1. The summed E-state index contributed by atoms with van der Waals surface area (Å²) in [6.07, 6.45) is 3.59. The second-order valence-corrected chi connectivity index (χ2v) is 7.12. The summed E-state index contributed by atoms with van der Waals surface area (Å²) in [6.45, 7) is 0. The maximum atomic E-state index is 12.5. The van der Waals surface area contributed by atoms with Crippen molar-refractivity contribution < 1.29 is 4.79 Å². The van der Waals surface area contributed by atoms with Crippen LogP contribution in [0.25, 0.3) is 27.3 Å². The van der Waals surface area contributed by atoms with Gasteiger partial charge in [0.1, 0.15) is 10.7 Å². The van der Waals surface area contributed by atoms with E-state index in [1.807, 2.05) is 66.9 Å². The number of rotatable bonds is 4.